The van der Waals surface area contributed by atoms with Crippen molar-refractivity contribution in [2.24, 2.45) is 0 Å². The van der Waals surface area contributed by atoms with Gasteiger partial charge >= 0.3 is 0 Å². The van der Waals surface area contributed by atoms with Gasteiger partial charge in [-0.15, -0.1) is 0 Å². The summed E-state index contributed by atoms with van der Waals surface area (Å²) in [6.07, 6.45) is 5.30. The molecule has 0 aliphatic carbocycles. The lowest BCUT2D eigenvalue weighted by Gasteiger charge is -2.17. The maximum Gasteiger partial charge on any atom is 0.271 e. The van der Waals surface area contributed by atoms with E-state index < -0.39 is 5.91 Å². The SMILES string of the molecule is CC=CC(=O)Nc1cccc(CN2CCC(NC(=O)c3[nH]ncc3NC(=O)c3c(Cl)cccc3Cl)C2)c1. The number of nitrogens with one attached hydrogen (secondary N) is 4. The van der Waals surface area contributed by atoms with Gasteiger partial charge in [0.05, 0.1) is 27.5 Å². The Morgan fingerprint density at radius 2 is 1.86 bits per heavy atom. The molecule has 0 spiro atoms. The normalized spacial score (nSPS) is 15.6. The van der Waals surface area contributed by atoms with Gasteiger partial charge in [-0.1, -0.05) is 47.5 Å². The highest BCUT2D eigenvalue weighted by Gasteiger charge is 2.26. The van der Waals surface area contributed by atoms with Crippen LogP contribution in [0.2, 0.25) is 10.0 Å². The summed E-state index contributed by atoms with van der Waals surface area (Å²) in [5, 5.41) is 15.5. The maximum atomic E-state index is 13.0. The van der Waals surface area contributed by atoms with Crippen LogP contribution in [0.1, 0.15) is 39.8 Å². The molecule has 1 aliphatic heterocycles. The van der Waals surface area contributed by atoms with Crippen LogP contribution in [0, 0.1) is 0 Å². The lowest BCUT2D eigenvalue weighted by atomic mass is 10.2. The molecular formula is C26H26Cl2N6O3. The molecule has 1 aliphatic rings. The molecule has 3 amide bonds. The van der Waals surface area contributed by atoms with E-state index in [1.54, 1.807) is 31.2 Å². The van der Waals surface area contributed by atoms with Gasteiger partial charge < -0.3 is 16.0 Å². The van der Waals surface area contributed by atoms with Crippen LogP contribution in [0.3, 0.4) is 0 Å². The van der Waals surface area contributed by atoms with E-state index in [2.05, 4.69) is 31.0 Å². The zero-order valence-electron chi connectivity index (χ0n) is 20.1. The number of anilines is 2. The molecule has 1 aromatic heterocycles. The van der Waals surface area contributed by atoms with Gasteiger partial charge in [0.25, 0.3) is 11.8 Å². The van der Waals surface area contributed by atoms with Gasteiger partial charge in [-0.3, -0.25) is 24.4 Å². The Morgan fingerprint density at radius 1 is 1.11 bits per heavy atom. The van der Waals surface area contributed by atoms with Gasteiger partial charge in [0.1, 0.15) is 5.69 Å². The Kier molecular flexibility index (Phi) is 8.60. The van der Waals surface area contributed by atoms with Crippen molar-refractivity contribution in [3.63, 3.8) is 0 Å². The summed E-state index contributed by atoms with van der Waals surface area (Å²) in [4.78, 5) is 39.7. The molecule has 192 valence electrons. The van der Waals surface area contributed by atoms with Gasteiger partial charge in [0.2, 0.25) is 5.91 Å². The van der Waals surface area contributed by atoms with Crippen molar-refractivity contribution >= 4 is 52.3 Å². The number of nitrogens with zero attached hydrogens (tertiary/aromatic N) is 2. The largest absolute Gasteiger partial charge is 0.347 e. The molecule has 3 aromatic rings. The van der Waals surface area contributed by atoms with Crippen molar-refractivity contribution in [1.82, 2.24) is 20.4 Å². The first kappa shape index (κ1) is 26.4. The number of amides is 3. The van der Waals surface area contributed by atoms with E-state index in [1.807, 2.05) is 24.3 Å². The molecule has 0 saturated carbocycles. The van der Waals surface area contributed by atoms with Crippen LogP contribution in [0.5, 0.6) is 0 Å². The second-order valence-electron chi connectivity index (χ2n) is 8.59. The first-order valence-corrected chi connectivity index (χ1v) is 12.4. The fourth-order valence-electron chi connectivity index (χ4n) is 4.15. The van der Waals surface area contributed by atoms with Crippen molar-refractivity contribution in [3.8, 4) is 0 Å². The number of allylic oxidation sites excluding steroid dienone is 1. The average Bonchev–Trinajstić information content (AvgIpc) is 3.48. The van der Waals surface area contributed by atoms with Crippen LogP contribution < -0.4 is 16.0 Å². The average molecular weight is 541 g/mol. The molecule has 4 rings (SSSR count). The summed E-state index contributed by atoms with van der Waals surface area (Å²) >= 11 is 12.2. The van der Waals surface area contributed by atoms with E-state index in [0.717, 1.165) is 24.2 Å². The van der Waals surface area contributed by atoms with Crippen molar-refractivity contribution in [3.05, 3.63) is 87.7 Å². The Balaban J connectivity index is 1.33. The van der Waals surface area contributed by atoms with E-state index in [1.165, 1.54) is 12.3 Å². The standard InChI is InChI=1S/C26H26Cl2N6O3/c1-2-5-22(35)30-17-7-3-6-16(12-17)14-34-11-10-18(15-34)31-26(37)24-21(13-29-33-24)32-25(36)23-19(27)8-4-9-20(23)28/h2-9,12-13,18H,10-11,14-15H2,1H3,(H,29,33)(H,30,35)(H,31,37)(H,32,36). The molecule has 1 atom stereocenters. The first-order valence-electron chi connectivity index (χ1n) is 11.7. The molecule has 1 saturated heterocycles. The van der Waals surface area contributed by atoms with Crippen molar-refractivity contribution < 1.29 is 14.4 Å². The quantitative estimate of drug-likeness (QED) is 0.314. The van der Waals surface area contributed by atoms with Crippen LogP contribution in [-0.2, 0) is 11.3 Å². The third-order valence-electron chi connectivity index (χ3n) is 5.83. The molecule has 37 heavy (non-hydrogen) atoms. The van der Waals surface area contributed by atoms with Crippen LogP contribution in [0.4, 0.5) is 11.4 Å². The lowest BCUT2D eigenvalue weighted by Crippen LogP contribution is -2.37. The number of halogens is 2. The number of rotatable bonds is 8. The summed E-state index contributed by atoms with van der Waals surface area (Å²) in [5.74, 6) is -1.09. The number of H-pyrrole nitrogens is 1. The molecule has 1 unspecified atom stereocenters. The Labute approximate surface area is 224 Å². The van der Waals surface area contributed by atoms with Crippen molar-refractivity contribution in [1.29, 1.82) is 0 Å². The highest BCUT2D eigenvalue weighted by Crippen LogP contribution is 2.26. The summed E-state index contributed by atoms with van der Waals surface area (Å²) in [5.41, 5.74) is 2.28. The summed E-state index contributed by atoms with van der Waals surface area (Å²) in [7, 11) is 0. The van der Waals surface area contributed by atoms with Crippen LogP contribution >= 0.6 is 23.2 Å². The first-order chi connectivity index (χ1) is 17.8. The zero-order valence-corrected chi connectivity index (χ0v) is 21.6. The molecule has 1 fully saturated rings. The number of hydrogen-bond acceptors (Lipinski definition) is 5. The minimum atomic E-state index is -0.540. The molecule has 2 aromatic carbocycles. The number of hydrogen-bond donors (Lipinski definition) is 4. The van der Waals surface area contributed by atoms with Gasteiger partial charge in [0.15, 0.2) is 0 Å². The highest BCUT2D eigenvalue weighted by molar-refractivity contribution is 6.40. The maximum absolute atomic E-state index is 13.0. The van der Waals surface area contributed by atoms with Crippen LogP contribution in [0.25, 0.3) is 0 Å². The Bertz CT molecular complexity index is 1320. The molecule has 0 bridgehead atoms. The summed E-state index contributed by atoms with van der Waals surface area (Å²) < 4.78 is 0. The smallest absolute Gasteiger partial charge is 0.271 e. The minimum absolute atomic E-state index is 0.0741. The van der Waals surface area contributed by atoms with Crippen molar-refractivity contribution in [2.45, 2.75) is 25.9 Å². The lowest BCUT2D eigenvalue weighted by molar-refractivity contribution is -0.111. The molecule has 0 radical (unpaired) electrons. The monoisotopic (exact) mass is 540 g/mol. The van der Waals surface area contributed by atoms with E-state index >= 15 is 0 Å². The number of aromatic nitrogens is 2. The Morgan fingerprint density at radius 3 is 2.62 bits per heavy atom. The van der Waals surface area contributed by atoms with Crippen LogP contribution in [0.15, 0.2) is 60.8 Å². The van der Waals surface area contributed by atoms with E-state index in [4.69, 9.17) is 23.2 Å². The number of carbonyl (C=O) groups is 3. The second-order valence-corrected chi connectivity index (χ2v) is 9.41. The van der Waals surface area contributed by atoms with Crippen LogP contribution in [-0.4, -0.2) is 52.0 Å². The predicted molar refractivity (Wildman–Crippen MR) is 144 cm³/mol. The zero-order chi connectivity index (χ0) is 26.4. The molecule has 2 heterocycles. The minimum Gasteiger partial charge on any atom is -0.347 e. The summed E-state index contributed by atoms with van der Waals surface area (Å²) in [6.45, 7) is 3.94. The fraction of sp³-hybridized carbons (Fsp3) is 0.231. The van der Waals surface area contributed by atoms with Gasteiger partial charge in [-0.2, -0.15) is 5.10 Å². The van der Waals surface area contributed by atoms with Gasteiger partial charge in [-0.25, -0.2) is 0 Å². The van der Waals surface area contributed by atoms with E-state index in [-0.39, 0.29) is 44.8 Å². The molecule has 9 nitrogen and oxygen atoms in total. The third-order valence-corrected chi connectivity index (χ3v) is 6.46. The fourth-order valence-corrected chi connectivity index (χ4v) is 4.72. The number of benzene rings is 2. The van der Waals surface area contributed by atoms with Gasteiger partial charge in [0, 0.05) is 31.4 Å². The molecular weight excluding hydrogens is 515 g/mol. The molecule has 11 heteroatoms. The third kappa shape index (κ3) is 6.76. The van der Waals surface area contributed by atoms with E-state index in [9.17, 15) is 14.4 Å². The highest BCUT2D eigenvalue weighted by atomic mass is 35.5. The second kappa shape index (κ2) is 12.1. The van der Waals surface area contributed by atoms with Crippen molar-refractivity contribution in [2.75, 3.05) is 23.7 Å². The van der Waals surface area contributed by atoms with E-state index in [0.29, 0.717) is 13.1 Å². The van der Waals surface area contributed by atoms with Gasteiger partial charge in [-0.05, 0) is 49.2 Å². The Hall–Kier alpha value is -3.66. The number of aromatic amines is 1. The number of carbonyl (C=O) groups excluding carboxylic acids is 3. The predicted octanol–water partition coefficient (Wildman–Crippen LogP) is 4.49. The molecule has 4 N–H and O–H groups in total. The number of likely N-dealkylation sites (tertiary alicyclic amines) is 1. The topological polar surface area (TPSA) is 119 Å². The summed E-state index contributed by atoms with van der Waals surface area (Å²) in [6, 6.07) is 12.4.